The number of hydrogen-bond acceptors (Lipinski definition) is 2. The maximum atomic E-state index is 5.67. The van der Waals surface area contributed by atoms with Crippen LogP contribution in [0.1, 0.15) is 47.0 Å². The number of hydrogen-bond donors (Lipinski definition) is 1. The average molecular weight is 213 g/mol. The van der Waals surface area contributed by atoms with Crippen LogP contribution in [0.15, 0.2) is 0 Å². The molecular formula is C13H27NO. The Balaban J connectivity index is 2.09. The van der Waals surface area contributed by atoms with Crippen molar-refractivity contribution in [3.63, 3.8) is 0 Å². The molecule has 0 saturated carbocycles. The molecule has 1 aliphatic rings. The second-order valence-electron chi connectivity index (χ2n) is 5.88. The van der Waals surface area contributed by atoms with Gasteiger partial charge in [0.05, 0.1) is 6.10 Å². The van der Waals surface area contributed by atoms with Crippen molar-refractivity contribution in [2.75, 3.05) is 19.7 Å². The highest BCUT2D eigenvalue weighted by atomic mass is 16.5. The average Bonchev–Trinajstić information content (AvgIpc) is 2.58. The predicted molar refractivity (Wildman–Crippen MR) is 65.1 cm³/mol. The van der Waals surface area contributed by atoms with Crippen molar-refractivity contribution in [1.29, 1.82) is 0 Å². The van der Waals surface area contributed by atoms with Crippen molar-refractivity contribution in [2.45, 2.75) is 53.1 Å². The molecule has 2 nitrogen and oxygen atoms in total. The van der Waals surface area contributed by atoms with Crippen LogP contribution >= 0.6 is 0 Å². The lowest BCUT2D eigenvalue weighted by atomic mass is 9.92. The standard InChI is InChI=1S/C13H27NO/c1-5-12-11(6-9-15-12)10-14-8-7-13(2,3)4/h11-12,14H,5-10H2,1-4H3. The van der Waals surface area contributed by atoms with E-state index in [0.29, 0.717) is 11.5 Å². The zero-order valence-electron chi connectivity index (χ0n) is 10.8. The summed E-state index contributed by atoms with van der Waals surface area (Å²) in [4.78, 5) is 0. The van der Waals surface area contributed by atoms with Crippen molar-refractivity contribution >= 4 is 0 Å². The Morgan fingerprint density at radius 2 is 2.07 bits per heavy atom. The summed E-state index contributed by atoms with van der Waals surface area (Å²) in [6, 6.07) is 0. The lowest BCUT2D eigenvalue weighted by Gasteiger charge is -2.21. The van der Waals surface area contributed by atoms with Gasteiger partial charge in [0, 0.05) is 13.2 Å². The minimum Gasteiger partial charge on any atom is -0.378 e. The number of rotatable bonds is 5. The summed E-state index contributed by atoms with van der Waals surface area (Å²) < 4.78 is 5.67. The molecule has 0 aliphatic carbocycles. The molecule has 0 amide bonds. The molecule has 1 fully saturated rings. The molecule has 1 heterocycles. The summed E-state index contributed by atoms with van der Waals surface area (Å²) in [7, 11) is 0. The summed E-state index contributed by atoms with van der Waals surface area (Å²) in [6.45, 7) is 12.3. The van der Waals surface area contributed by atoms with E-state index in [1.54, 1.807) is 0 Å². The largest absolute Gasteiger partial charge is 0.378 e. The van der Waals surface area contributed by atoms with Gasteiger partial charge in [-0.2, -0.15) is 0 Å². The fourth-order valence-corrected chi connectivity index (χ4v) is 2.13. The van der Waals surface area contributed by atoms with Gasteiger partial charge < -0.3 is 10.1 Å². The smallest absolute Gasteiger partial charge is 0.0613 e. The molecule has 0 radical (unpaired) electrons. The maximum Gasteiger partial charge on any atom is 0.0613 e. The molecule has 1 aliphatic heterocycles. The van der Waals surface area contributed by atoms with Crippen LogP contribution in [0.4, 0.5) is 0 Å². The van der Waals surface area contributed by atoms with Crippen LogP contribution in [0.25, 0.3) is 0 Å². The van der Waals surface area contributed by atoms with Gasteiger partial charge in [0.2, 0.25) is 0 Å². The number of ether oxygens (including phenoxy) is 1. The summed E-state index contributed by atoms with van der Waals surface area (Å²) >= 11 is 0. The third-order valence-corrected chi connectivity index (χ3v) is 3.21. The minimum atomic E-state index is 0.448. The van der Waals surface area contributed by atoms with Crippen LogP contribution in [0.3, 0.4) is 0 Å². The fourth-order valence-electron chi connectivity index (χ4n) is 2.13. The lowest BCUT2D eigenvalue weighted by Crippen LogP contribution is -2.30. The van der Waals surface area contributed by atoms with Crippen LogP contribution < -0.4 is 5.32 Å². The van der Waals surface area contributed by atoms with Gasteiger partial charge >= 0.3 is 0 Å². The van der Waals surface area contributed by atoms with E-state index >= 15 is 0 Å². The Kier molecular flexibility index (Phi) is 5.07. The van der Waals surface area contributed by atoms with Crippen LogP contribution in [-0.2, 0) is 4.74 Å². The Morgan fingerprint density at radius 1 is 1.33 bits per heavy atom. The van der Waals surface area contributed by atoms with Crippen LogP contribution in [0.5, 0.6) is 0 Å². The SMILES string of the molecule is CCC1OCCC1CNCCC(C)(C)C. The molecule has 2 unspecified atom stereocenters. The second-order valence-corrected chi connectivity index (χ2v) is 5.88. The Morgan fingerprint density at radius 3 is 2.67 bits per heavy atom. The molecule has 0 spiro atoms. The van der Waals surface area contributed by atoms with Crippen LogP contribution in [-0.4, -0.2) is 25.8 Å². The zero-order chi connectivity index (χ0) is 11.3. The van der Waals surface area contributed by atoms with Gasteiger partial charge in [-0.3, -0.25) is 0 Å². The van der Waals surface area contributed by atoms with Gasteiger partial charge in [-0.15, -0.1) is 0 Å². The molecule has 0 aromatic carbocycles. The fraction of sp³-hybridized carbons (Fsp3) is 1.00. The van der Waals surface area contributed by atoms with E-state index in [4.69, 9.17) is 4.74 Å². The number of nitrogens with one attached hydrogen (secondary N) is 1. The summed E-state index contributed by atoms with van der Waals surface area (Å²) in [5, 5.41) is 3.57. The first-order valence-electron chi connectivity index (χ1n) is 6.35. The monoisotopic (exact) mass is 213 g/mol. The van der Waals surface area contributed by atoms with Crippen molar-refractivity contribution in [1.82, 2.24) is 5.32 Å². The molecule has 2 heteroatoms. The van der Waals surface area contributed by atoms with E-state index in [-0.39, 0.29) is 0 Å². The normalized spacial score (nSPS) is 27.2. The summed E-state index contributed by atoms with van der Waals surface area (Å²) in [6.07, 6.45) is 4.15. The topological polar surface area (TPSA) is 21.3 Å². The highest BCUT2D eigenvalue weighted by Gasteiger charge is 2.25. The van der Waals surface area contributed by atoms with Crippen molar-refractivity contribution in [3.05, 3.63) is 0 Å². The quantitative estimate of drug-likeness (QED) is 0.709. The zero-order valence-corrected chi connectivity index (χ0v) is 10.8. The molecule has 0 aromatic heterocycles. The molecule has 1 N–H and O–H groups in total. The van der Waals surface area contributed by atoms with Crippen molar-refractivity contribution < 1.29 is 4.74 Å². The molecule has 1 rings (SSSR count). The van der Waals surface area contributed by atoms with Gasteiger partial charge in [0.15, 0.2) is 0 Å². The Hall–Kier alpha value is -0.0800. The van der Waals surface area contributed by atoms with Crippen molar-refractivity contribution in [2.24, 2.45) is 11.3 Å². The first-order chi connectivity index (χ1) is 7.03. The van der Waals surface area contributed by atoms with Gasteiger partial charge in [-0.1, -0.05) is 27.7 Å². The van der Waals surface area contributed by atoms with E-state index in [2.05, 4.69) is 33.0 Å². The highest BCUT2D eigenvalue weighted by molar-refractivity contribution is 4.77. The lowest BCUT2D eigenvalue weighted by molar-refractivity contribution is 0.0871. The molecule has 0 bridgehead atoms. The summed E-state index contributed by atoms with van der Waals surface area (Å²) in [5.41, 5.74) is 0.448. The third-order valence-electron chi connectivity index (χ3n) is 3.21. The predicted octanol–water partition coefficient (Wildman–Crippen LogP) is 2.83. The van der Waals surface area contributed by atoms with Gasteiger partial charge in [0.1, 0.15) is 0 Å². The van der Waals surface area contributed by atoms with E-state index in [0.717, 1.165) is 32.0 Å². The highest BCUT2D eigenvalue weighted by Crippen LogP contribution is 2.22. The van der Waals surface area contributed by atoms with Gasteiger partial charge in [-0.25, -0.2) is 0 Å². The van der Waals surface area contributed by atoms with E-state index in [9.17, 15) is 0 Å². The van der Waals surface area contributed by atoms with E-state index in [1.165, 1.54) is 12.8 Å². The molecule has 2 atom stereocenters. The van der Waals surface area contributed by atoms with Crippen molar-refractivity contribution in [3.8, 4) is 0 Å². The molecule has 0 aromatic rings. The van der Waals surface area contributed by atoms with Crippen LogP contribution in [0.2, 0.25) is 0 Å². The Bertz CT molecular complexity index is 174. The van der Waals surface area contributed by atoms with E-state index in [1.807, 2.05) is 0 Å². The first-order valence-corrected chi connectivity index (χ1v) is 6.35. The molecular weight excluding hydrogens is 186 g/mol. The van der Waals surface area contributed by atoms with Gasteiger partial charge in [-0.05, 0) is 37.1 Å². The first kappa shape index (κ1) is 13.0. The third kappa shape index (κ3) is 4.98. The molecule has 90 valence electrons. The minimum absolute atomic E-state index is 0.448. The van der Waals surface area contributed by atoms with E-state index < -0.39 is 0 Å². The Labute approximate surface area is 94.8 Å². The molecule has 15 heavy (non-hydrogen) atoms. The second kappa shape index (κ2) is 5.86. The van der Waals surface area contributed by atoms with Crippen LogP contribution in [0, 0.1) is 11.3 Å². The maximum absolute atomic E-state index is 5.67. The molecule has 1 saturated heterocycles. The van der Waals surface area contributed by atoms with Gasteiger partial charge in [0.25, 0.3) is 0 Å². The summed E-state index contributed by atoms with van der Waals surface area (Å²) in [5.74, 6) is 0.745.